The highest BCUT2D eigenvalue weighted by Gasteiger charge is 2.14. The molecule has 0 radical (unpaired) electrons. The minimum atomic E-state index is -0.585. The van der Waals surface area contributed by atoms with E-state index in [-0.39, 0.29) is 12.2 Å². The van der Waals surface area contributed by atoms with Crippen molar-refractivity contribution in [1.82, 2.24) is 0 Å². The van der Waals surface area contributed by atoms with Crippen LogP contribution in [0.2, 0.25) is 0 Å². The van der Waals surface area contributed by atoms with Gasteiger partial charge in [-0.15, -0.1) is 0 Å². The van der Waals surface area contributed by atoms with E-state index in [2.05, 4.69) is 5.32 Å². The first-order chi connectivity index (χ1) is 15.5. The molecule has 7 nitrogen and oxygen atoms in total. The molecule has 0 bridgehead atoms. The van der Waals surface area contributed by atoms with Crippen molar-refractivity contribution < 1.29 is 23.8 Å². The van der Waals surface area contributed by atoms with E-state index in [1.807, 2.05) is 30.3 Å². The Morgan fingerprint density at radius 2 is 1.75 bits per heavy atom. The summed E-state index contributed by atoms with van der Waals surface area (Å²) in [6.45, 7) is 2.00. The van der Waals surface area contributed by atoms with Crippen LogP contribution in [0.25, 0.3) is 16.8 Å². The molecule has 0 fully saturated rings. The third-order valence-corrected chi connectivity index (χ3v) is 4.76. The van der Waals surface area contributed by atoms with Gasteiger partial charge in [0.05, 0.1) is 26.4 Å². The van der Waals surface area contributed by atoms with Crippen LogP contribution >= 0.6 is 0 Å². The van der Waals surface area contributed by atoms with Crippen molar-refractivity contribution in [3.05, 3.63) is 71.3 Å². The number of nitrogens with one attached hydrogen (secondary N) is 1. The second-order valence-electron chi connectivity index (χ2n) is 6.69. The quantitative estimate of drug-likeness (QED) is 0.335. The van der Waals surface area contributed by atoms with Crippen LogP contribution in [0.3, 0.4) is 0 Å². The number of rotatable bonds is 7. The maximum absolute atomic E-state index is 12.8. The average Bonchev–Trinajstić information content (AvgIpc) is 2.82. The van der Waals surface area contributed by atoms with E-state index >= 15 is 0 Å². The zero-order valence-corrected chi connectivity index (χ0v) is 18.0. The van der Waals surface area contributed by atoms with Crippen LogP contribution in [0.4, 0.5) is 5.69 Å². The first-order valence-corrected chi connectivity index (χ1v) is 9.85. The number of carbonyl (C=O) groups is 2. The molecule has 0 saturated heterocycles. The summed E-state index contributed by atoms with van der Waals surface area (Å²) >= 11 is 0. The Morgan fingerprint density at radius 3 is 2.38 bits per heavy atom. The SMILES string of the molecule is CCOC(=O)c1ccc(NC(=O)/C(C#N)=C/c2c(OC)ccc3ccc(OC)cc23)cc1. The van der Waals surface area contributed by atoms with E-state index in [1.165, 1.54) is 13.2 Å². The van der Waals surface area contributed by atoms with Gasteiger partial charge in [0.25, 0.3) is 5.91 Å². The lowest BCUT2D eigenvalue weighted by Crippen LogP contribution is -2.14. The molecule has 1 amide bonds. The number of benzene rings is 3. The molecular formula is C25H22N2O5. The Kier molecular flexibility index (Phi) is 7.09. The summed E-state index contributed by atoms with van der Waals surface area (Å²) in [5.41, 5.74) is 1.30. The number of carbonyl (C=O) groups excluding carboxylic acids is 2. The molecule has 3 aromatic rings. The number of esters is 1. The zero-order chi connectivity index (χ0) is 23.1. The normalized spacial score (nSPS) is 10.9. The first kappa shape index (κ1) is 22.4. The summed E-state index contributed by atoms with van der Waals surface area (Å²) in [5.74, 6) is 0.134. The van der Waals surface area contributed by atoms with Crippen molar-refractivity contribution in [3.8, 4) is 17.6 Å². The Bertz CT molecular complexity index is 1220. The highest BCUT2D eigenvalue weighted by molar-refractivity contribution is 6.11. The lowest BCUT2D eigenvalue weighted by Gasteiger charge is -2.11. The second kappa shape index (κ2) is 10.1. The van der Waals surface area contributed by atoms with Crippen LogP contribution in [0.5, 0.6) is 11.5 Å². The molecule has 3 aromatic carbocycles. The van der Waals surface area contributed by atoms with Gasteiger partial charge in [-0.2, -0.15) is 5.26 Å². The third kappa shape index (κ3) is 4.87. The molecule has 32 heavy (non-hydrogen) atoms. The fourth-order valence-electron chi connectivity index (χ4n) is 3.15. The predicted octanol–water partition coefficient (Wildman–Crippen LogP) is 4.58. The van der Waals surface area contributed by atoms with Crippen LogP contribution in [0.15, 0.2) is 60.2 Å². The Hall–Kier alpha value is -4.31. The van der Waals surface area contributed by atoms with Crippen LogP contribution < -0.4 is 14.8 Å². The lowest BCUT2D eigenvalue weighted by molar-refractivity contribution is -0.112. The minimum Gasteiger partial charge on any atom is -0.497 e. The molecule has 0 saturated carbocycles. The summed E-state index contributed by atoms with van der Waals surface area (Å²) in [6.07, 6.45) is 1.49. The van der Waals surface area contributed by atoms with E-state index in [4.69, 9.17) is 14.2 Å². The fourth-order valence-corrected chi connectivity index (χ4v) is 3.15. The molecule has 1 N–H and O–H groups in total. The molecule has 0 aliphatic heterocycles. The van der Waals surface area contributed by atoms with Gasteiger partial charge in [0, 0.05) is 11.3 Å². The predicted molar refractivity (Wildman–Crippen MR) is 122 cm³/mol. The highest BCUT2D eigenvalue weighted by atomic mass is 16.5. The van der Waals surface area contributed by atoms with E-state index in [9.17, 15) is 14.9 Å². The van der Waals surface area contributed by atoms with E-state index in [0.29, 0.717) is 28.3 Å². The van der Waals surface area contributed by atoms with Crippen LogP contribution in [-0.2, 0) is 9.53 Å². The van der Waals surface area contributed by atoms with Gasteiger partial charge in [0.2, 0.25) is 0 Å². The van der Waals surface area contributed by atoms with E-state index in [1.54, 1.807) is 44.4 Å². The molecule has 0 aliphatic carbocycles. The number of anilines is 1. The number of nitriles is 1. The number of hydrogen-bond acceptors (Lipinski definition) is 6. The van der Waals surface area contributed by atoms with Gasteiger partial charge in [-0.1, -0.05) is 12.1 Å². The maximum atomic E-state index is 12.8. The summed E-state index contributed by atoms with van der Waals surface area (Å²) in [4.78, 5) is 24.5. The van der Waals surface area contributed by atoms with Crippen molar-refractivity contribution in [1.29, 1.82) is 5.26 Å². The number of methoxy groups -OCH3 is 2. The monoisotopic (exact) mass is 430 g/mol. The lowest BCUT2D eigenvalue weighted by atomic mass is 10.0. The molecule has 0 spiro atoms. The summed E-state index contributed by atoms with van der Waals surface area (Å²) in [6, 6.07) is 17.4. The fraction of sp³-hybridized carbons (Fsp3) is 0.160. The maximum Gasteiger partial charge on any atom is 0.338 e. The molecular weight excluding hydrogens is 408 g/mol. The molecule has 0 aliphatic rings. The van der Waals surface area contributed by atoms with Gasteiger partial charge >= 0.3 is 5.97 Å². The zero-order valence-electron chi connectivity index (χ0n) is 18.0. The van der Waals surface area contributed by atoms with Crippen molar-refractivity contribution in [2.45, 2.75) is 6.92 Å². The average molecular weight is 430 g/mol. The Morgan fingerprint density at radius 1 is 1.03 bits per heavy atom. The third-order valence-electron chi connectivity index (χ3n) is 4.76. The second-order valence-corrected chi connectivity index (χ2v) is 6.69. The molecule has 3 rings (SSSR count). The Labute approximate surface area is 185 Å². The van der Waals surface area contributed by atoms with Crippen LogP contribution in [0, 0.1) is 11.3 Å². The van der Waals surface area contributed by atoms with Gasteiger partial charge in [0.15, 0.2) is 0 Å². The molecule has 0 heterocycles. The van der Waals surface area contributed by atoms with Gasteiger partial charge in [0.1, 0.15) is 23.1 Å². The minimum absolute atomic E-state index is 0.104. The molecule has 7 heteroatoms. The van der Waals surface area contributed by atoms with Gasteiger partial charge in [-0.3, -0.25) is 4.79 Å². The largest absolute Gasteiger partial charge is 0.497 e. The molecule has 0 aromatic heterocycles. The first-order valence-electron chi connectivity index (χ1n) is 9.85. The Balaban J connectivity index is 1.93. The number of fused-ring (bicyclic) bond motifs is 1. The van der Waals surface area contributed by atoms with Crippen molar-refractivity contribution in [2.75, 3.05) is 26.1 Å². The highest BCUT2D eigenvalue weighted by Crippen LogP contribution is 2.32. The van der Waals surface area contributed by atoms with Gasteiger partial charge in [-0.25, -0.2) is 4.79 Å². The number of nitrogens with zero attached hydrogens (tertiary/aromatic N) is 1. The summed E-state index contributed by atoms with van der Waals surface area (Å²) in [7, 11) is 3.09. The van der Waals surface area contributed by atoms with Crippen LogP contribution in [0.1, 0.15) is 22.8 Å². The number of hydrogen-bond donors (Lipinski definition) is 1. The summed E-state index contributed by atoms with van der Waals surface area (Å²) < 4.78 is 15.7. The number of ether oxygens (including phenoxy) is 3. The number of amides is 1. The van der Waals surface area contributed by atoms with Gasteiger partial charge in [-0.05, 0) is 66.2 Å². The molecule has 162 valence electrons. The van der Waals surface area contributed by atoms with Crippen LogP contribution in [-0.4, -0.2) is 32.7 Å². The molecule has 0 unspecified atom stereocenters. The van der Waals surface area contributed by atoms with E-state index in [0.717, 1.165) is 10.8 Å². The summed E-state index contributed by atoms with van der Waals surface area (Å²) in [5, 5.41) is 14.0. The van der Waals surface area contributed by atoms with Crippen molar-refractivity contribution >= 4 is 34.4 Å². The smallest absolute Gasteiger partial charge is 0.338 e. The molecule has 0 atom stereocenters. The van der Waals surface area contributed by atoms with Gasteiger partial charge < -0.3 is 19.5 Å². The van der Waals surface area contributed by atoms with E-state index < -0.39 is 11.9 Å². The standard InChI is InChI=1S/C25H22N2O5/c1-4-32-25(29)17-5-9-19(10-6-17)27-24(28)18(15-26)13-22-21-14-20(30-2)11-7-16(21)8-12-23(22)31-3/h5-14H,4H2,1-3H3,(H,27,28)/b18-13+. The van der Waals surface area contributed by atoms with Crippen molar-refractivity contribution in [2.24, 2.45) is 0 Å². The van der Waals surface area contributed by atoms with Crippen molar-refractivity contribution in [3.63, 3.8) is 0 Å². The topological polar surface area (TPSA) is 97.7 Å².